The number of nitrogens with zero attached hydrogens (tertiary/aromatic N) is 4. The summed E-state index contributed by atoms with van der Waals surface area (Å²) in [4.78, 5) is 7.15. The van der Waals surface area contributed by atoms with Gasteiger partial charge in [0, 0.05) is 19.1 Å². The zero-order valence-electron chi connectivity index (χ0n) is 14.1. The summed E-state index contributed by atoms with van der Waals surface area (Å²) in [5.74, 6) is 0.948. The molecule has 5 heteroatoms. The van der Waals surface area contributed by atoms with Crippen LogP contribution in [0.4, 0.5) is 5.95 Å². The van der Waals surface area contributed by atoms with E-state index in [1.165, 1.54) is 0 Å². The van der Waals surface area contributed by atoms with Crippen molar-refractivity contribution in [2.24, 2.45) is 5.73 Å². The smallest absolute Gasteiger partial charge is 0.206 e. The Morgan fingerprint density at radius 3 is 2.80 bits per heavy atom. The molecule has 1 atom stereocenters. The summed E-state index contributed by atoms with van der Waals surface area (Å²) in [5, 5.41) is 9.41. The molecule has 1 aromatic heterocycles. The number of imidazole rings is 1. The van der Waals surface area contributed by atoms with Gasteiger partial charge in [0.2, 0.25) is 5.95 Å². The van der Waals surface area contributed by atoms with Gasteiger partial charge < -0.3 is 15.2 Å². The Morgan fingerprint density at radius 1 is 1.16 bits per heavy atom. The molecule has 0 spiro atoms. The minimum absolute atomic E-state index is 0.188. The number of anilines is 1. The third kappa shape index (κ3) is 2.97. The summed E-state index contributed by atoms with van der Waals surface area (Å²) in [5.41, 5.74) is 9.97. The first-order valence-corrected chi connectivity index (χ1v) is 8.70. The second kappa shape index (κ2) is 6.58. The number of piperidine rings is 1. The monoisotopic (exact) mass is 331 g/mol. The Hall–Kier alpha value is -2.84. The number of hydrogen-bond acceptors (Lipinski definition) is 4. The number of nitrogens with two attached hydrogens (primary N) is 1. The predicted molar refractivity (Wildman–Crippen MR) is 99.4 cm³/mol. The summed E-state index contributed by atoms with van der Waals surface area (Å²) in [6.07, 6.45) is 2.15. The van der Waals surface area contributed by atoms with Crippen molar-refractivity contribution in [3.8, 4) is 6.07 Å². The molecular weight excluding hydrogens is 310 g/mol. The Morgan fingerprint density at radius 2 is 1.96 bits per heavy atom. The van der Waals surface area contributed by atoms with Crippen molar-refractivity contribution in [3.05, 3.63) is 59.7 Å². The summed E-state index contributed by atoms with van der Waals surface area (Å²) < 4.78 is 2.21. The fourth-order valence-corrected chi connectivity index (χ4v) is 3.59. The molecule has 0 saturated carbocycles. The van der Waals surface area contributed by atoms with Crippen LogP contribution in [0.5, 0.6) is 0 Å². The van der Waals surface area contributed by atoms with Crippen LogP contribution in [0.2, 0.25) is 0 Å². The zero-order valence-corrected chi connectivity index (χ0v) is 14.1. The van der Waals surface area contributed by atoms with Gasteiger partial charge in [0.15, 0.2) is 0 Å². The van der Waals surface area contributed by atoms with E-state index >= 15 is 0 Å². The lowest BCUT2D eigenvalue weighted by atomic mass is 10.1. The highest BCUT2D eigenvalue weighted by atomic mass is 15.3. The lowest BCUT2D eigenvalue weighted by molar-refractivity contribution is 0.495. The van der Waals surface area contributed by atoms with E-state index in [1.54, 1.807) is 0 Å². The molecule has 1 fully saturated rings. The van der Waals surface area contributed by atoms with Crippen LogP contribution in [0.25, 0.3) is 11.0 Å². The second-order valence-corrected chi connectivity index (χ2v) is 6.60. The molecule has 2 heterocycles. The topological polar surface area (TPSA) is 70.9 Å². The molecule has 1 saturated heterocycles. The molecule has 1 unspecified atom stereocenters. The van der Waals surface area contributed by atoms with Gasteiger partial charge in [0.05, 0.1) is 29.2 Å². The molecule has 3 aromatic rings. The molecule has 0 bridgehead atoms. The number of rotatable bonds is 3. The lowest BCUT2D eigenvalue weighted by Gasteiger charge is -2.32. The maximum atomic E-state index is 9.41. The average Bonchev–Trinajstić information content (AvgIpc) is 3.01. The van der Waals surface area contributed by atoms with Crippen LogP contribution >= 0.6 is 0 Å². The highest BCUT2D eigenvalue weighted by molar-refractivity contribution is 5.79. The van der Waals surface area contributed by atoms with Gasteiger partial charge in [-0.15, -0.1) is 0 Å². The van der Waals surface area contributed by atoms with E-state index in [0.717, 1.165) is 48.5 Å². The van der Waals surface area contributed by atoms with Crippen LogP contribution in [0, 0.1) is 11.3 Å². The number of aromatic nitrogens is 2. The van der Waals surface area contributed by atoms with Gasteiger partial charge in [0.1, 0.15) is 0 Å². The van der Waals surface area contributed by atoms with Gasteiger partial charge in [-0.1, -0.05) is 30.3 Å². The van der Waals surface area contributed by atoms with E-state index in [9.17, 15) is 5.26 Å². The summed E-state index contributed by atoms with van der Waals surface area (Å²) in [6, 6.07) is 18.4. The van der Waals surface area contributed by atoms with E-state index < -0.39 is 0 Å². The fraction of sp³-hybridized carbons (Fsp3) is 0.300. The number of benzene rings is 2. The highest BCUT2D eigenvalue weighted by Gasteiger charge is 2.22. The largest absolute Gasteiger partial charge is 0.341 e. The Bertz CT molecular complexity index is 937. The van der Waals surface area contributed by atoms with Crippen molar-refractivity contribution in [1.82, 2.24) is 9.55 Å². The van der Waals surface area contributed by atoms with Crippen molar-refractivity contribution in [2.75, 3.05) is 18.0 Å². The summed E-state index contributed by atoms with van der Waals surface area (Å²) >= 11 is 0. The first-order valence-electron chi connectivity index (χ1n) is 8.70. The van der Waals surface area contributed by atoms with Crippen molar-refractivity contribution in [3.63, 3.8) is 0 Å². The summed E-state index contributed by atoms with van der Waals surface area (Å²) in [6.45, 7) is 2.42. The predicted octanol–water partition coefficient (Wildman–Crippen LogP) is 2.88. The first kappa shape index (κ1) is 15.7. The third-order valence-electron chi connectivity index (χ3n) is 4.84. The molecular formula is C20H21N5. The normalized spacial score (nSPS) is 17.6. The van der Waals surface area contributed by atoms with Crippen LogP contribution < -0.4 is 10.6 Å². The van der Waals surface area contributed by atoms with Crippen molar-refractivity contribution >= 4 is 17.0 Å². The molecule has 25 heavy (non-hydrogen) atoms. The fourth-order valence-electron chi connectivity index (χ4n) is 3.59. The second-order valence-electron chi connectivity index (χ2n) is 6.60. The SMILES string of the molecule is N#Cc1ccccc1Cn1c(N2CCCC(N)C2)nc2ccccc21. The number of para-hydroxylation sites is 2. The van der Waals surface area contributed by atoms with Crippen LogP contribution in [0.15, 0.2) is 48.5 Å². The van der Waals surface area contributed by atoms with Crippen LogP contribution in [0.1, 0.15) is 24.0 Å². The Labute approximate surface area is 147 Å². The van der Waals surface area contributed by atoms with Gasteiger partial charge in [-0.25, -0.2) is 4.98 Å². The van der Waals surface area contributed by atoms with E-state index in [1.807, 2.05) is 42.5 Å². The lowest BCUT2D eigenvalue weighted by Crippen LogP contribution is -2.44. The minimum Gasteiger partial charge on any atom is -0.341 e. The van der Waals surface area contributed by atoms with Gasteiger partial charge in [-0.05, 0) is 36.6 Å². The molecule has 0 amide bonds. The number of fused-ring (bicyclic) bond motifs is 1. The van der Waals surface area contributed by atoms with Crippen molar-refractivity contribution in [2.45, 2.75) is 25.4 Å². The number of hydrogen-bond donors (Lipinski definition) is 1. The van der Waals surface area contributed by atoms with Gasteiger partial charge >= 0.3 is 0 Å². The molecule has 1 aliphatic heterocycles. The maximum absolute atomic E-state index is 9.41. The molecule has 2 N–H and O–H groups in total. The van der Waals surface area contributed by atoms with Gasteiger partial charge in [-0.2, -0.15) is 5.26 Å². The van der Waals surface area contributed by atoms with Crippen LogP contribution in [0.3, 0.4) is 0 Å². The molecule has 0 aliphatic carbocycles. The molecule has 1 aliphatic rings. The number of nitriles is 1. The molecule has 0 radical (unpaired) electrons. The standard InChI is InChI=1S/C20H21N5/c21-12-15-6-1-2-7-16(15)13-25-19-10-4-3-9-18(19)23-20(25)24-11-5-8-17(22)14-24/h1-4,6-7,9-10,17H,5,8,11,13-14,22H2. The van der Waals surface area contributed by atoms with Gasteiger partial charge in [0.25, 0.3) is 0 Å². The summed E-state index contributed by atoms with van der Waals surface area (Å²) in [7, 11) is 0. The minimum atomic E-state index is 0.188. The first-order chi connectivity index (χ1) is 12.3. The van der Waals surface area contributed by atoms with Crippen LogP contribution in [-0.4, -0.2) is 28.7 Å². The molecule has 5 nitrogen and oxygen atoms in total. The van der Waals surface area contributed by atoms with E-state index in [4.69, 9.17) is 10.7 Å². The van der Waals surface area contributed by atoms with E-state index in [-0.39, 0.29) is 6.04 Å². The third-order valence-corrected chi connectivity index (χ3v) is 4.84. The van der Waals surface area contributed by atoms with Crippen LogP contribution in [-0.2, 0) is 6.54 Å². The maximum Gasteiger partial charge on any atom is 0.206 e. The molecule has 2 aromatic carbocycles. The zero-order chi connectivity index (χ0) is 17.2. The Balaban J connectivity index is 1.81. The van der Waals surface area contributed by atoms with Gasteiger partial charge in [-0.3, -0.25) is 0 Å². The molecule has 4 rings (SSSR count). The Kier molecular flexibility index (Phi) is 4.12. The van der Waals surface area contributed by atoms with Crippen molar-refractivity contribution in [1.29, 1.82) is 5.26 Å². The van der Waals surface area contributed by atoms with Crippen molar-refractivity contribution < 1.29 is 0 Å². The quantitative estimate of drug-likeness (QED) is 0.801. The molecule has 126 valence electrons. The van der Waals surface area contributed by atoms with E-state index in [2.05, 4.69) is 21.6 Å². The average molecular weight is 331 g/mol. The van der Waals surface area contributed by atoms with E-state index in [0.29, 0.717) is 12.1 Å². The highest BCUT2D eigenvalue weighted by Crippen LogP contribution is 2.26.